The van der Waals surface area contributed by atoms with Gasteiger partial charge in [-0.15, -0.1) is 10.2 Å². The van der Waals surface area contributed by atoms with Gasteiger partial charge in [0.2, 0.25) is 5.91 Å². The fraction of sp³-hybridized carbons (Fsp3) is 0.450. The average molecular weight is 351 g/mol. The second kappa shape index (κ2) is 7.32. The lowest BCUT2D eigenvalue weighted by molar-refractivity contribution is -0.132. The quantitative estimate of drug-likeness (QED) is 0.768. The summed E-state index contributed by atoms with van der Waals surface area (Å²) in [7, 11) is 0. The van der Waals surface area contributed by atoms with Crippen LogP contribution in [0, 0.1) is 0 Å². The maximum atomic E-state index is 12.6. The lowest BCUT2D eigenvalue weighted by Gasteiger charge is -2.31. The molecule has 1 aromatic carbocycles. The summed E-state index contributed by atoms with van der Waals surface area (Å²) in [5.74, 6) is 1.74. The van der Waals surface area contributed by atoms with Crippen LogP contribution in [0.4, 0.5) is 0 Å². The fourth-order valence-electron chi connectivity index (χ4n) is 3.95. The van der Waals surface area contributed by atoms with E-state index in [1.165, 1.54) is 10.9 Å². The van der Waals surface area contributed by atoms with Gasteiger partial charge in [-0.1, -0.05) is 18.2 Å². The van der Waals surface area contributed by atoms with Gasteiger partial charge < -0.3 is 14.5 Å². The summed E-state index contributed by atoms with van der Waals surface area (Å²) in [5.41, 5.74) is 2.36. The van der Waals surface area contributed by atoms with E-state index in [0.29, 0.717) is 12.3 Å². The number of hydrogen-bond donors (Lipinski definition) is 1. The first-order valence-corrected chi connectivity index (χ1v) is 9.46. The summed E-state index contributed by atoms with van der Waals surface area (Å²) in [6.07, 6.45) is 7.12. The number of nitrogens with one attached hydrogen (secondary N) is 1. The first kappa shape index (κ1) is 16.8. The Hall–Kier alpha value is -2.63. The maximum Gasteiger partial charge on any atom is 0.222 e. The zero-order valence-electron chi connectivity index (χ0n) is 15.2. The Morgan fingerprint density at radius 2 is 2.08 bits per heavy atom. The topological polar surface area (TPSA) is 66.8 Å². The monoisotopic (exact) mass is 351 g/mol. The average Bonchev–Trinajstić information content (AvgIpc) is 3.33. The summed E-state index contributed by atoms with van der Waals surface area (Å²) >= 11 is 0. The van der Waals surface area contributed by atoms with E-state index in [-0.39, 0.29) is 5.91 Å². The Kier molecular flexibility index (Phi) is 4.73. The molecule has 6 nitrogen and oxygen atoms in total. The molecule has 1 fully saturated rings. The molecule has 26 heavy (non-hydrogen) atoms. The Balaban J connectivity index is 1.32. The third-order valence-electron chi connectivity index (χ3n) is 5.48. The molecule has 0 aliphatic carbocycles. The van der Waals surface area contributed by atoms with Crippen LogP contribution in [0.15, 0.2) is 36.8 Å². The van der Waals surface area contributed by atoms with Crippen molar-refractivity contribution in [2.75, 3.05) is 13.1 Å². The number of amides is 1. The second-order valence-corrected chi connectivity index (χ2v) is 6.99. The standard InChI is InChI=1S/C20H25N5O/c1-2-24-14-22-23-20(24)15-9-11-25(12-10-15)19(26)8-7-16-13-21-18-6-4-3-5-17(16)18/h3-6,13-15,21H,2,7-12H2,1H3. The number of piperidine rings is 1. The van der Waals surface area contributed by atoms with Crippen molar-refractivity contribution >= 4 is 16.8 Å². The van der Waals surface area contributed by atoms with Crippen molar-refractivity contribution in [3.05, 3.63) is 48.2 Å². The number of H-pyrrole nitrogens is 1. The number of aromatic amines is 1. The highest BCUT2D eigenvalue weighted by Crippen LogP contribution is 2.27. The van der Waals surface area contributed by atoms with E-state index < -0.39 is 0 Å². The van der Waals surface area contributed by atoms with E-state index in [1.807, 2.05) is 23.2 Å². The van der Waals surface area contributed by atoms with Crippen LogP contribution in [0.1, 0.15) is 43.5 Å². The summed E-state index contributed by atoms with van der Waals surface area (Å²) in [5, 5.41) is 9.54. The predicted octanol–water partition coefficient (Wildman–Crippen LogP) is 3.12. The minimum absolute atomic E-state index is 0.255. The van der Waals surface area contributed by atoms with Gasteiger partial charge in [-0.3, -0.25) is 4.79 Å². The molecule has 0 unspecified atom stereocenters. The lowest BCUT2D eigenvalue weighted by Crippen LogP contribution is -2.38. The molecule has 3 aromatic rings. The highest BCUT2D eigenvalue weighted by atomic mass is 16.2. The molecule has 0 atom stereocenters. The zero-order valence-corrected chi connectivity index (χ0v) is 15.2. The van der Waals surface area contributed by atoms with Crippen LogP contribution >= 0.6 is 0 Å². The molecular formula is C20H25N5O. The SMILES string of the molecule is CCn1cnnc1C1CCN(C(=O)CCc2c[nH]c3ccccc23)CC1. The van der Waals surface area contributed by atoms with Gasteiger partial charge >= 0.3 is 0 Å². The van der Waals surface area contributed by atoms with Gasteiger partial charge in [-0.25, -0.2) is 0 Å². The predicted molar refractivity (Wildman–Crippen MR) is 101 cm³/mol. The van der Waals surface area contributed by atoms with Crippen LogP contribution in [0.5, 0.6) is 0 Å². The van der Waals surface area contributed by atoms with Crippen molar-refractivity contribution in [1.82, 2.24) is 24.6 Å². The Morgan fingerprint density at radius 3 is 2.88 bits per heavy atom. The molecule has 1 aliphatic rings. The van der Waals surface area contributed by atoms with Crippen molar-refractivity contribution in [3.63, 3.8) is 0 Å². The first-order chi connectivity index (χ1) is 12.8. The minimum Gasteiger partial charge on any atom is -0.361 e. The number of nitrogens with zero attached hydrogens (tertiary/aromatic N) is 4. The summed E-state index contributed by atoms with van der Waals surface area (Å²) in [4.78, 5) is 17.9. The number of rotatable bonds is 5. The maximum absolute atomic E-state index is 12.6. The number of benzene rings is 1. The van der Waals surface area contributed by atoms with Crippen LogP contribution in [-0.4, -0.2) is 43.6 Å². The molecule has 2 aromatic heterocycles. The largest absolute Gasteiger partial charge is 0.361 e. The van der Waals surface area contributed by atoms with Crippen molar-refractivity contribution < 1.29 is 4.79 Å². The van der Waals surface area contributed by atoms with Gasteiger partial charge in [0.05, 0.1) is 0 Å². The normalized spacial score (nSPS) is 15.7. The van der Waals surface area contributed by atoms with Crippen LogP contribution in [0.2, 0.25) is 0 Å². The number of aryl methyl sites for hydroxylation is 2. The third kappa shape index (κ3) is 3.23. The highest BCUT2D eigenvalue weighted by molar-refractivity contribution is 5.84. The minimum atomic E-state index is 0.255. The lowest BCUT2D eigenvalue weighted by atomic mass is 9.95. The van der Waals surface area contributed by atoms with E-state index in [0.717, 1.165) is 50.2 Å². The van der Waals surface area contributed by atoms with Gasteiger partial charge in [-0.05, 0) is 37.8 Å². The van der Waals surface area contributed by atoms with Gasteiger partial charge in [0.1, 0.15) is 12.2 Å². The van der Waals surface area contributed by atoms with Crippen molar-refractivity contribution in [2.45, 2.75) is 45.1 Å². The Labute approximate surface area is 153 Å². The van der Waals surface area contributed by atoms with Crippen LogP contribution < -0.4 is 0 Å². The fourth-order valence-corrected chi connectivity index (χ4v) is 3.95. The second-order valence-electron chi connectivity index (χ2n) is 6.99. The molecule has 3 heterocycles. The number of hydrogen-bond acceptors (Lipinski definition) is 3. The molecule has 0 saturated carbocycles. The zero-order chi connectivity index (χ0) is 17.9. The van der Waals surface area contributed by atoms with Gasteiger partial charge in [0.25, 0.3) is 0 Å². The van der Waals surface area contributed by atoms with Crippen LogP contribution in [0.25, 0.3) is 10.9 Å². The van der Waals surface area contributed by atoms with Crippen molar-refractivity contribution in [3.8, 4) is 0 Å². The van der Waals surface area contributed by atoms with Crippen molar-refractivity contribution in [2.24, 2.45) is 0 Å². The van der Waals surface area contributed by atoms with Crippen LogP contribution in [0.3, 0.4) is 0 Å². The number of fused-ring (bicyclic) bond motifs is 1. The third-order valence-corrected chi connectivity index (χ3v) is 5.48. The van der Waals surface area contributed by atoms with Crippen LogP contribution in [-0.2, 0) is 17.8 Å². The molecule has 6 heteroatoms. The van der Waals surface area contributed by atoms with E-state index in [1.54, 1.807) is 6.33 Å². The molecule has 1 N–H and O–H groups in total. The molecule has 0 spiro atoms. The summed E-state index contributed by atoms with van der Waals surface area (Å²) < 4.78 is 2.11. The number of para-hydroxylation sites is 1. The Morgan fingerprint density at radius 1 is 1.27 bits per heavy atom. The van der Waals surface area contributed by atoms with Gasteiger partial charge in [-0.2, -0.15) is 0 Å². The van der Waals surface area contributed by atoms with E-state index >= 15 is 0 Å². The number of aromatic nitrogens is 4. The molecular weight excluding hydrogens is 326 g/mol. The van der Waals surface area contributed by atoms with Gasteiger partial charge in [0, 0.05) is 49.1 Å². The number of carbonyl (C=O) groups excluding carboxylic acids is 1. The van der Waals surface area contributed by atoms with E-state index in [2.05, 4.69) is 38.8 Å². The summed E-state index contributed by atoms with van der Waals surface area (Å²) in [6, 6.07) is 8.25. The Bertz CT molecular complexity index is 888. The van der Waals surface area contributed by atoms with Crippen molar-refractivity contribution in [1.29, 1.82) is 0 Å². The smallest absolute Gasteiger partial charge is 0.222 e. The molecule has 136 valence electrons. The molecule has 0 bridgehead atoms. The highest BCUT2D eigenvalue weighted by Gasteiger charge is 2.26. The molecule has 0 radical (unpaired) electrons. The summed E-state index contributed by atoms with van der Waals surface area (Å²) in [6.45, 7) is 4.63. The molecule has 1 aliphatic heterocycles. The van der Waals surface area contributed by atoms with Gasteiger partial charge in [0.15, 0.2) is 0 Å². The number of likely N-dealkylation sites (tertiary alicyclic amines) is 1. The van der Waals surface area contributed by atoms with E-state index in [4.69, 9.17) is 0 Å². The molecule has 1 amide bonds. The number of carbonyl (C=O) groups is 1. The molecule has 4 rings (SSSR count). The first-order valence-electron chi connectivity index (χ1n) is 9.46. The van der Waals surface area contributed by atoms with E-state index in [9.17, 15) is 4.79 Å². The molecule has 1 saturated heterocycles.